The van der Waals surface area contributed by atoms with Crippen LogP contribution in [0.25, 0.3) is 0 Å². The zero-order chi connectivity index (χ0) is 16.6. The second-order valence-corrected chi connectivity index (χ2v) is 6.74. The number of carboxylic acids is 1. The minimum absolute atomic E-state index is 0.104. The van der Waals surface area contributed by atoms with Gasteiger partial charge in [0.15, 0.2) is 6.61 Å². The average Bonchev–Trinajstić information content (AvgIpc) is 3.07. The summed E-state index contributed by atoms with van der Waals surface area (Å²) < 4.78 is 5.66. The molecular formula is C18H23NO4. The fraction of sp³-hybridized carbons (Fsp3) is 0.556. The number of nitrogens with zero attached hydrogens (tertiary/aromatic N) is 1. The number of hydrogen-bond acceptors (Lipinski definition) is 3. The molecule has 3 rings (SSSR count). The lowest BCUT2D eigenvalue weighted by Crippen LogP contribution is -2.45. The van der Waals surface area contributed by atoms with Crippen LogP contribution in [0.5, 0.6) is 5.75 Å². The Morgan fingerprint density at radius 3 is 2.83 bits per heavy atom. The van der Waals surface area contributed by atoms with Crippen molar-refractivity contribution in [2.45, 2.75) is 39.2 Å². The molecule has 23 heavy (non-hydrogen) atoms. The summed E-state index contributed by atoms with van der Waals surface area (Å²) in [5.41, 5.74) is 2.04. The lowest BCUT2D eigenvalue weighted by Gasteiger charge is -2.24. The zero-order valence-electron chi connectivity index (χ0n) is 13.6. The fourth-order valence-corrected chi connectivity index (χ4v) is 3.96. The van der Waals surface area contributed by atoms with Gasteiger partial charge in [-0.2, -0.15) is 0 Å². The van der Waals surface area contributed by atoms with Crippen molar-refractivity contribution in [3.8, 4) is 5.75 Å². The van der Waals surface area contributed by atoms with E-state index in [4.69, 9.17) is 4.74 Å². The van der Waals surface area contributed by atoms with Gasteiger partial charge >= 0.3 is 5.97 Å². The van der Waals surface area contributed by atoms with E-state index in [1.165, 1.54) is 4.90 Å². The number of aliphatic carboxylic acids is 1. The van der Waals surface area contributed by atoms with E-state index < -0.39 is 12.0 Å². The molecule has 3 unspecified atom stereocenters. The van der Waals surface area contributed by atoms with Gasteiger partial charge in [-0.25, -0.2) is 4.79 Å². The van der Waals surface area contributed by atoms with E-state index in [-0.39, 0.29) is 18.4 Å². The molecule has 1 aliphatic carbocycles. The molecule has 1 aromatic carbocycles. The number of benzene rings is 1. The summed E-state index contributed by atoms with van der Waals surface area (Å²) in [5.74, 6) is 0.00900. The second kappa shape index (κ2) is 6.22. The summed E-state index contributed by atoms with van der Waals surface area (Å²) in [7, 11) is 0. The van der Waals surface area contributed by atoms with Crippen LogP contribution in [0, 0.1) is 25.7 Å². The predicted octanol–water partition coefficient (Wildman–Crippen LogP) is 2.39. The third-order valence-electron chi connectivity index (χ3n) is 5.16. The molecule has 3 atom stereocenters. The third kappa shape index (κ3) is 3.05. The normalized spacial score (nSPS) is 26.2. The third-order valence-corrected chi connectivity index (χ3v) is 5.16. The Bertz CT molecular complexity index is 627. The maximum absolute atomic E-state index is 12.5. The van der Waals surface area contributed by atoms with Crippen molar-refractivity contribution in [2.24, 2.45) is 11.8 Å². The maximum Gasteiger partial charge on any atom is 0.326 e. The van der Waals surface area contributed by atoms with Crippen LogP contribution in [0.3, 0.4) is 0 Å². The van der Waals surface area contributed by atoms with Gasteiger partial charge in [-0.15, -0.1) is 0 Å². The SMILES string of the molecule is Cc1ccc(C)c(OCC(=O)N2CC3CCCC3C2C(=O)O)c1. The first kappa shape index (κ1) is 15.8. The molecule has 5 nitrogen and oxygen atoms in total. The summed E-state index contributed by atoms with van der Waals surface area (Å²) in [6.45, 7) is 4.35. The quantitative estimate of drug-likeness (QED) is 0.926. The van der Waals surface area contributed by atoms with Gasteiger partial charge in [0, 0.05) is 6.54 Å². The van der Waals surface area contributed by atoms with Crippen LogP contribution in [0.2, 0.25) is 0 Å². The Morgan fingerprint density at radius 2 is 2.09 bits per heavy atom. The van der Waals surface area contributed by atoms with Crippen LogP contribution in [0.4, 0.5) is 0 Å². The maximum atomic E-state index is 12.5. The number of fused-ring (bicyclic) bond motifs is 1. The highest BCUT2D eigenvalue weighted by Gasteiger charge is 2.49. The minimum Gasteiger partial charge on any atom is -0.483 e. The van der Waals surface area contributed by atoms with Crippen LogP contribution in [0.15, 0.2) is 18.2 Å². The second-order valence-electron chi connectivity index (χ2n) is 6.74. The highest BCUT2D eigenvalue weighted by Crippen LogP contribution is 2.42. The number of aryl methyl sites for hydroxylation is 2. The molecule has 0 radical (unpaired) electrons. The van der Waals surface area contributed by atoms with Gasteiger partial charge in [0.05, 0.1) is 0 Å². The average molecular weight is 317 g/mol. The molecule has 0 bridgehead atoms. The number of carbonyl (C=O) groups excluding carboxylic acids is 1. The number of rotatable bonds is 4. The van der Waals surface area contributed by atoms with E-state index in [1.807, 2.05) is 32.0 Å². The van der Waals surface area contributed by atoms with Crippen molar-refractivity contribution in [2.75, 3.05) is 13.2 Å². The molecule has 1 aromatic rings. The molecule has 1 saturated carbocycles. The van der Waals surface area contributed by atoms with Crippen LogP contribution >= 0.6 is 0 Å². The summed E-state index contributed by atoms with van der Waals surface area (Å²) in [4.78, 5) is 25.6. The Balaban J connectivity index is 1.68. The van der Waals surface area contributed by atoms with Crippen molar-refractivity contribution in [1.29, 1.82) is 0 Å². The fourth-order valence-electron chi connectivity index (χ4n) is 3.96. The van der Waals surface area contributed by atoms with E-state index >= 15 is 0 Å². The standard InChI is InChI=1S/C18H23NO4/c1-11-6-7-12(2)15(8-11)23-10-16(20)19-9-13-4-3-5-14(13)17(19)18(21)22/h6-8,13-14,17H,3-5,9-10H2,1-2H3,(H,21,22). The number of ether oxygens (including phenoxy) is 1. The summed E-state index contributed by atoms with van der Waals surface area (Å²) >= 11 is 0. The number of carbonyl (C=O) groups is 2. The predicted molar refractivity (Wildman–Crippen MR) is 85.4 cm³/mol. The number of carboxylic acid groups (broad SMARTS) is 1. The van der Waals surface area contributed by atoms with E-state index in [0.717, 1.165) is 30.4 Å². The van der Waals surface area contributed by atoms with Crippen molar-refractivity contribution in [3.05, 3.63) is 29.3 Å². The zero-order valence-corrected chi connectivity index (χ0v) is 13.6. The van der Waals surface area contributed by atoms with Gasteiger partial charge in [-0.1, -0.05) is 18.6 Å². The topological polar surface area (TPSA) is 66.8 Å². The molecule has 2 fully saturated rings. The van der Waals surface area contributed by atoms with E-state index in [2.05, 4.69) is 0 Å². The Hall–Kier alpha value is -2.04. The van der Waals surface area contributed by atoms with Gasteiger partial charge in [0.1, 0.15) is 11.8 Å². The Morgan fingerprint density at radius 1 is 1.30 bits per heavy atom. The molecular weight excluding hydrogens is 294 g/mol. The van der Waals surface area contributed by atoms with E-state index in [9.17, 15) is 14.7 Å². The molecule has 1 amide bonds. The molecule has 124 valence electrons. The lowest BCUT2D eigenvalue weighted by molar-refractivity contribution is -0.150. The summed E-state index contributed by atoms with van der Waals surface area (Å²) in [6, 6.07) is 5.16. The number of likely N-dealkylation sites (tertiary alicyclic amines) is 1. The highest BCUT2D eigenvalue weighted by atomic mass is 16.5. The molecule has 1 N–H and O–H groups in total. The van der Waals surface area contributed by atoms with Crippen molar-refractivity contribution in [1.82, 2.24) is 4.90 Å². The smallest absolute Gasteiger partial charge is 0.326 e. The van der Waals surface area contributed by atoms with Gasteiger partial charge in [-0.05, 0) is 55.7 Å². The van der Waals surface area contributed by atoms with Crippen molar-refractivity contribution >= 4 is 11.9 Å². The van der Waals surface area contributed by atoms with Gasteiger partial charge in [0.2, 0.25) is 0 Å². The summed E-state index contributed by atoms with van der Waals surface area (Å²) in [5, 5.41) is 9.51. The van der Waals surface area contributed by atoms with Gasteiger partial charge in [-0.3, -0.25) is 4.79 Å². The van der Waals surface area contributed by atoms with Crippen LogP contribution < -0.4 is 4.74 Å². The molecule has 1 saturated heterocycles. The van der Waals surface area contributed by atoms with E-state index in [0.29, 0.717) is 18.2 Å². The molecule has 5 heteroatoms. The molecule has 1 heterocycles. The lowest BCUT2D eigenvalue weighted by atomic mass is 9.94. The largest absolute Gasteiger partial charge is 0.483 e. The number of amides is 1. The molecule has 0 aromatic heterocycles. The van der Waals surface area contributed by atoms with Crippen molar-refractivity contribution < 1.29 is 19.4 Å². The molecule has 0 spiro atoms. The first-order valence-electron chi connectivity index (χ1n) is 8.19. The Kier molecular flexibility index (Phi) is 4.28. The molecule has 1 aliphatic heterocycles. The van der Waals surface area contributed by atoms with Crippen molar-refractivity contribution in [3.63, 3.8) is 0 Å². The van der Waals surface area contributed by atoms with Gasteiger partial charge in [0.25, 0.3) is 5.91 Å². The van der Waals surface area contributed by atoms with Crippen LogP contribution in [0.1, 0.15) is 30.4 Å². The van der Waals surface area contributed by atoms with E-state index in [1.54, 1.807) is 0 Å². The molecule has 2 aliphatic rings. The van der Waals surface area contributed by atoms with Gasteiger partial charge < -0.3 is 14.7 Å². The number of hydrogen-bond donors (Lipinski definition) is 1. The van der Waals surface area contributed by atoms with Crippen LogP contribution in [-0.4, -0.2) is 41.1 Å². The minimum atomic E-state index is -0.889. The summed E-state index contributed by atoms with van der Waals surface area (Å²) in [6.07, 6.45) is 3.00. The first-order chi connectivity index (χ1) is 11.0. The highest BCUT2D eigenvalue weighted by molar-refractivity contribution is 5.85. The van der Waals surface area contributed by atoms with Crippen LogP contribution in [-0.2, 0) is 9.59 Å². The monoisotopic (exact) mass is 317 g/mol. The first-order valence-corrected chi connectivity index (χ1v) is 8.19. The Labute approximate surface area is 136 Å².